The molecule has 2 fully saturated rings. The number of carbonyl (C=O) groups excluding carboxylic acids is 1. The minimum Gasteiger partial charge on any atom is -0.556 e. The van der Waals surface area contributed by atoms with Crippen molar-refractivity contribution < 1.29 is 9.22 Å². The predicted octanol–water partition coefficient (Wildman–Crippen LogP) is 8.80. The number of likely N-dealkylation sites (tertiary alicyclic amines) is 1. The second-order valence-corrected chi connectivity index (χ2v) is 18.6. The normalized spacial score (nSPS) is 20.0. The molecule has 3 nitrogen and oxygen atoms in total. The number of nitrogens with zero attached hydrogens (tertiary/aromatic N) is 1. The van der Waals surface area contributed by atoms with E-state index in [4.69, 9.17) is 27.6 Å². The number of piperidine rings is 1. The number of hydrogen-bond donors (Lipinski definition) is 0. The molecule has 0 spiro atoms. The van der Waals surface area contributed by atoms with E-state index < -0.39 is 8.32 Å². The molecule has 3 atom stereocenters. The largest absolute Gasteiger partial charge is 0.556 e. The molecule has 1 aliphatic carbocycles. The van der Waals surface area contributed by atoms with Crippen LogP contribution < -0.4 is 10.4 Å². The van der Waals surface area contributed by atoms with E-state index in [1.54, 1.807) is 0 Å². The highest BCUT2D eigenvalue weighted by molar-refractivity contribution is 6.99. The third-order valence-corrected chi connectivity index (χ3v) is 15.0. The Bertz CT molecular complexity index is 1530. The fourth-order valence-corrected chi connectivity index (χ4v) is 12.2. The van der Waals surface area contributed by atoms with E-state index >= 15 is 0 Å². The monoisotopic (exact) mass is 641 g/mol. The summed E-state index contributed by atoms with van der Waals surface area (Å²) in [4.78, 5) is 16.4. The molecule has 6 heteroatoms. The van der Waals surface area contributed by atoms with E-state index in [9.17, 15) is 4.79 Å². The van der Waals surface area contributed by atoms with Gasteiger partial charge < -0.3 is 9.33 Å². The molecule has 1 saturated carbocycles. The van der Waals surface area contributed by atoms with Gasteiger partial charge in [-0.1, -0.05) is 129 Å². The van der Waals surface area contributed by atoms with E-state index in [2.05, 4.69) is 111 Å². The summed E-state index contributed by atoms with van der Waals surface area (Å²) < 4.78 is 7.50. The van der Waals surface area contributed by atoms with Crippen molar-refractivity contribution >= 4 is 47.8 Å². The molecular weight excluding hydrogens is 601 g/mol. The maximum absolute atomic E-state index is 14.2. The topological polar surface area (TPSA) is 29.5 Å². The number of amides is 1. The lowest BCUT2D eigenvalue weighted by Crippen LogP contribution is -2.67. The molecule has 4 aromatic rings. The van der Waals surface area contributed by atoms with Crippen LogP contribution in [0.4, 0.5) is 0 Å². The van der Waals surface area contributed by atoms with Gasteiger partial charge in [-0.05, 0) is 60.6 Å². The molecule has 4 aromatic carbocycles. The number of rotatable bonds is 9. The lowest BCUT2D eigenvalue weighted by atomic mass is 9.79. The van der Waals surface area contributed by atoms with Crippen molar-refractivity contribution in [2.75, 3.05) is 6.61 Å². The first-order valence-electron chi connectivity index (χ1n) is 15.8. The maximum Gasteiger partial charge on any atom is 0.223 e. The Kier molecular flexibility index (Phi) is 9.08. The maximum atomic E-state index is 14.2. The highest BCUT2D eigenvalue weighted by atomic mass is 35.5. The molecule has 1 amide bonds. The minimum absolute atomic E-state index is 0.0354. The zero-order chi connectivity index (χ0) is 30.9. The van der Waals surface area contributed by atoms with Crippen molar-refractivity contribution in [1.29, 1.82) is 0 Å². The Balaban J connectivity index is 1.44. The molecular formula is C38H41Cl2NO2Si-. The fraction of sp³-hybridized carbons (Fsp3) is 0.342. The Labute approximate surface area is 273 Å². The van der Waals surface area contributed by atoms with Gasteiger partial charge in [-0.2, -0.15) is 10.4 Å². The highest BCUT2D eigenvalue weighted by Crippen LogP contribution is 2.49. The average molecular weight is 643 g/mol. The van der Waals surface area contributed by atoms with Gasteiger partial charge in [-0.3, -0.25) is 4.79 Å². The average Bonchev–Trinajstić information content (AvgIpc) is 3.86. The predicted molar refractivity (Wildman–Crippen MR) is 185 cm³/mol. The number of halogens is 2. The lowest BCUT2D eigenvalue weighted by molar-refractivity contribution is -0.142. The van der Waals surface area contributed by atoms with Gasteiger partial charge in [0.1, 0.15) is 0 Å². The molecule has 0 bridgehead atoms. The van der Waals surface area contributed by atoms with Crippen LogP contribution >= 0.6 is 23.2 Å². The third-order valence-electron chi connectivity index (χ3n) is 9.54. The number of carbonyl (C=O) groups is 1. The zero-order valence-corrected chi connectivity index (χ0v) is 28.3. The summed E-state index contributed by atoms with van der Waals surface area (Å²) in [5, 5.41) is 3.77. The van der Waals surface area contributed by atoms with Gasteiger partial charge in [-0.15, -0.1) is 5.04 Å². The van der Waals surface area contributed by atoms with Crippen LogP contribution in [0.15, 0.2) is 109 Å². The van der Waals surface area contributed by atoms with Gasteiger partial charge >= 0.3 is 0 Å². The Morgan fingerprint density at radius 2 is 1.39 bits per heavy atom. The molecule has 0 N–H and O–H groups in total. The van der Waals surface area contributed by atoms with Crippen LogP contribution in [0.25, 0.3) is 0 Å². The van der Waals surface area contributed by atoms with Gasteiger partial charge in [0.15, 0.2) is 0 Å². The smallest absolute Gasteiger partial charge is 0.223 e. The van der Waals surface area contributed by atoms with Crippen LogP contribution in [0.5, 0.6) is 0 Å². The van der Waals surface area contributed by atoms with Gasteiger partial charge in [0.25, 0.3) is 0 Å². The minimum atomic E-state index is -2.79. The zero-order valence-electron chi connectivity index (χ0n) is 25.8. The summed E-state index contributed by atoms with van der Waals surface area (Å²) in [5.41, 5.74) is 2.26. The number of hydrogen-bond acceptors (Lipinski definition) is 2. The van der Waals surface area contributed by atoms with Crippen molar-refractivity contribution in [3.05, 3.63) is 130 Å². The molecule has 1 aliphatic heterocycles. The second-order valence-electron chi connectivity index (χ2n) is 13.4. The van der Waals surface area contributed by atoms with Crippen LogP contribution in [0.1, 0.15) is 69.5 Å². The first-order chi connectivity index (χ1) is 21.2. The van der Waals surface area contributed by atoms with Gasteiger partial charge in [-0.25, -0.2) is 0 Å². The quantitative estimate of drug-likeness (QED) is 0.171. The first kappa shape index (κ1) is 31.1. The van der Waals surface area contributed by atoms with Crippen molar-refractivity contribution in [2.45, 2.75) is 69.5 Å². The molecule has 6 rings (SSSR count). The van der Waals surface area contributed by atoms with Crippen LogP contribution in [0.2, 0.25) is 15.1 Å². The summed E-state index contributed by atoms with van der Waals surface area (Å²) in [6.07, 6.45) is 3.49. The second kappa shape index (κ2) is 12.8. The Hall–Kier alpha value is -2.89. The summed E-state index contributed by atoms with van der Waals surface area (Å²) in [6, 6.07) is 37.6. The van der Waals surface area contributed by atoms with E-state index in [-0.39, 0.29) is 28.9 Å². The molecule has 229 valence electrons. The molecule has 0 radical (unpaired) electrons. The van der Waals surface area contributed by atoms with Crippen LogP contribution in [-0.2, 0) is 9.22 Å². The summed E-state index contributed by atoms with van der Waals surface area (Å²) in [7, 11) is -2.79. The molecule has 44 heavy (non-hydrogen) atoms. The lowest BCUT2D eigenvalue weighted by Gasteiger charge is -2.57. The van der Waals surface area contributed by atoms with Crippen molar-refractivity contribution in [3.8, 4) is 0 Å². The van der Waals surface area contributed by atoms with E-state index in [1.807, 2.05) is 24.3 Å². The van der Waals surface area contributed by atoms with Gasteiger partial charge in [0, 0.05) is 29.0 Å². The first-order valence-corrected chi connectivity index (χ1v) is 18.4. The summed E-state index contributed by atoms with van der Waals surface area (Å²) >= 11 is 12.9. The Morgan fingerprint density at radius 3 is 1.93 bits per heavy atom. The van der Waals surface area contributed by atoms with E-state index in [0.717, 1.165) is 35.4 Å². The molecule has 1 saturated heterocycles. The van der Waals surface area contributed by atoms with Crippen LogP contribution in [-0.4, -0.2) is 31.8 Å². The van der Waals surface area contributed by atoms with Crippen LogP contribution in [0.3, 0.4) is 0 Å². The highest BCUT2D eigenvalue weighted by Gasteiger charge is 2.47. The van der Waals surface area contributed by atoms with Crippen molar-refractivity contribution in [3.63, 3.8) is 0 Å². The van der Waals surface area contributed by atoms with E-state index in [0.29, 0.717) is 24.0 Å². The van der Waals surface area contributed by atoms with Gasteiger partial charge in [0.2, 0.25) is 5.91 Å². The standard InChI is InChI=1S/C38H41Cl2NO2Si/c1-38(2,3)44(32-13-6-4-7-14-32,33-15-8-5-9-16-33)43-26-35(27-17-18-27)41-36(42)24-23-34(29-11-10-12-31(40)25-29)37(41)28-19-21-30(39)22-20-28/h4-16,19-22,25,27,34-35,37H,17-18,23-24,26H2,1-3H3/q-1/t34-,35?,37?/m1/s1. The summed E-state index contributed by atoms with van der Waals surface area (Å²) in [6.45, 7) is 7.42. The van der Waals surface area contributed by atoms with Crippen molar-refractivity contribution in [1.82, 2.24) is 4.90 Å². The molecule has 2 unspecified atom stereocenters. The van der Waals surface area contributed by atoms with Crippen molar-refractivity contribution in [2.24, 2.45) is 5.92 Å². The SMILES string of the molecule is CC(C)(C)[Si-](OCC(C1CC1)N1C(=O)CC[C@H](c2cccc(Cl)c2)C1c1ccc(Cl)cc1)(c1ccccc1)c1ccccc1. The fourth-order valence-electron chi connectivity index (χ4n) is 7.34. The third kappa shape index (κ3) is 6.15. The number of benzene rings is 4. The Morgan fingerprint density at radius 1 is 0.773 bits per heavy atom. The van der Waals surface area contributed by atoms with E-state index in [1.165, 1.54) is 10.4 Å². The molecule has 0 aromatic heterocycles. The van der Waals surface area contributed by atoms with Gasteiger partial charge in [0.05, 0.1) is 20.4 Å². The molecule has 1 heterocycles. The summed E-state index contributed by atoms with van der Waals surface area (Å²) in [5.74, 6) is 0.720. The molecule has 2 aliphatic rings. The van der Waals surface area contributed by atoms with Crippen LogP contribution in [0, 0.1) is 5.92 Å².